The maximum Gasteiger partial charge on any atom is 0.219 e. The van der Waals surface area contributed by atoms with E-state index >= 15 is 0 Å². The Morgan fingerprint density at radius 2 is 2.00 bits per heavy atom. The molecule has 2 atom stereocenters. The van der Waals surface area contributed by atoms with Gasteiger partial charge in [0, 0.05) is 12.6 Å². The maximum atomic E-state index is 12.0. The Balaban J connectivity index is 2.87. The molecule has 0 aromatic heterocycles. The van der Waals surface area contributed by atoms with Crippen LogP contribution in [0, 0.1) is 5.92 Å². The van der Waals surface area contributed by atoms with Gasteiger partial charge in [-0.1, -0.05) is 13.8 Å². The molecule has 1 N–H and O–H groups in total. The molecule has 4 nitrogen and oxygen atoms in total. The van der Waals surface area contributed by atoms with E-state index in [4.69, 9.17) is 5.11 Å². The smallest absolute Gasteiger partial charge is 0.219 e. The van der Waals surface area contributed by atoms with Gasteiger partial charge in [-0.15, -0.1) is 0 Å². The van der Waals surface area contributed by atoms with Crippen LogP contribution in [0.1, 0.15) is 33.6 Å². The van der Waals surface area contributed by atoms with Crippen LogP contribution in [0.15, 0.2) is 0 Å². The third kappa shape index (κ3) is 2.52. The summed E-state index contributed by atoms with van der Waals surface area (Å²) in [5.74, 6) is 0.341. The average molecular weight is 235 g/mol. The van der Waals surface area contributed by atoms with E-state index in [0.29, 0.717) is 12.5 Å². The highest BCUT2D eigenvalue weighted by atomic mass is 32.2. The average Bonchev–Trinajstić information content (AvgIpc) is 2.65. The second-order valence-electron chi connectivity index (χ2n) is 4.60. The van der Waals surface area contributed by atoms with E-state index in [1.807, 2.05) is 13.8 Å². The first-order chi connectivity index (χ1) is 6.91. The van der Waals surface area contributed by atoms with Crippen molar-refractivity contribution in [2.75, 3.05) is 13.2 Å². The monoisotopic (exact) mass is 235 g/mol. The van der Waals surface area contributed by atoms with Crippen molar-refractivity contribution in [2.45, 2.75) is 44.9 Å². The van der Waals surface area contributed by atoms with E-state index in [2.05, 4.69) is 0 Å². The van der Waals surface area contributed by atoms with E-state index in [0.717, 1.165) is 12.8 Å². The Hall–Kier alpha value is -0.130. The molecule has 0 aromatic carbocycles. The van der Waals surface area contributed by atoms with Crippen LogP contribution >= 0.6 is 0 Å². The van der Waals surface area contributed by atoms with Crippen LogP contribution in [0.3, 0.4) is 0 Å². The largest absolute Gasteiger partial charge is 0.395 e. The number of aliphatic hydroxyl groups is 1. The highest BCUT2D eigenvalue weighted by Crippen LogP contribution is 2.28. The van der Waals surface area contributed by atoms with Gasteiger partial charge in [0.05, 0.1) is 11.9 Å². The summed E-state index contributed by atoms with van der Waals surface area (Å²) in [6.07, 6.45) is 1.87. The number of nitrogens with zero attached hydrogens (tertiary/aromatic N) is 1. The zero-order valence-corrected chi connectivity index (χ0v) is 10.5. The van der Waals surface area contributed by atoms with Gasteiger partial charge >= 0.3 is 0 Å². The highest BCUT2D eigenvalue weighted by molar-refractivity contribution is 7.89. The maximum absolute atomic E-state index is 12.0. The van der Waals surface area contributed by atoms with Gasteiger partial charge in [0.1, 0.15) is 0 Å². The molecule has 5 heteroatoms. The predicted octanol–water partition coefficient (Wildman–Crippen LogP) is 0.817. The highest BCUT2D eigenvalue weighted by Gasteiger charge is 2.38. The van der Waals surface area contributed by atoms with Crippen molar-refractivity contribution in [3.05, 3.63) is 0 Å². The van der Waals surface area contributed by atoms with Gasteiger partial charge in [-0.2, -0.15) is 4.31 Å². The second kappa shape index (κ2) is 4.80. The number of hydrogen-bond acceptors (Lipinski definition) is 3. The third-order valence-electron chi connectivity index (χ3n) is 3.11. The van der Waals surface area contributed by atoms with E-state index < -0.39 is 15.3 Å². The first-order valence-corrected chi connectivity index (χ1v) is 7.03. The van der Waals surface area contributed by atoms with Gasteiger partial charge < -0.3 is 5.11 Å². The van der Waals surface area contributed by atoms with Gasteiger partial charge in [0.2, 0.25) is 10.0 Å². The van der Waals surface area contributed by atoms with Crippen LogP contribution in [0.2, 0.25) is 0 Å². The predicted molar refractivity (Wildman–Crippen MR) is 60.0 cm³/mol. The summed E-state index contributed by atoms with van der Waals surface area (Å²) in [6, 6.07) is 0.115. The Kier molecular flexibility index (Phi) is 4.14. The van der Waals surface area contributed by atoms with Crippen molar-refractivity contribution in [1.29, 1.82) is 0 Å². The lowest BCUT2D eigenvalue weighted by Crippen LogP contribution is -2.43. The van der Waals surface area contributed by atoms with Crippen molar-refractivity contribution in [3.63, 3.8) is 0 Å². The molecule has 1 aliphatic heterocycles. The summed E-state index contributed by atoms with van der Waals surface area (Å²) in [6.45, 7) is 5.95. The molecular formula is C10H21NO3S. The summed E-state index contributed by atoms with van der Waals surface area (Å²) in [7, 11) is -3.30. The van der Waals surface area contributed by atoms with Gasteiger partial charge in [-0.25, -0.2) is 8.42 Å². The lowest BCUT2D eigenvalue weighted by Gasteiger charge is -2.28. The van der Waals surface area contributed by atoms with E-state index in [1.165, 1.54) is 0 Å². The summed E-state index contributed by atoms with van der Waals surface area (Å²) in [5.41, 5.74) is 0. The Morgan fingerprint density at radius 3 is 2.47 bits per heavy atom. The Morgan fingerprint density at radius 1 is 1.40 bits per heavy atom. The van der Waals surface area contributed by atoms with Crippen molar-refractivity contribution >= 4 is 10.0 Å². The first-order valence-electron chi connectivity index (χ1n) is 5.52. The van der Waals surface area contributed by atoms with Gasteiger partial charge in [-0.3, -0.25) is 0 Å². The fourth-order valence-electron chi connectivity index (χ4n) is 2.07. The molecule has 1 heterocycles. The molecule has 1 saturated heterocycles. The summed E-state index contributed by atoms with van der Waals surface area (Å²) >= 11 is 0. The molecule has 1 rings (SSSR count). The SMILES string of the molecule is CC(C)C1CCCN1S(=O)(=O)C(C)CO. The minimum absolute atomic E-state index is 0.115. The molecule has 0 aliphatic carbocycles. The lowest BCUT2D eigenvalue weighted by molar-refractivity contribution is 0.277. The van der Waals surface area contributed by atoms with Crippen LogP contribution < -0.4 is 0 Å². The topological polar surface area (TPSA) is 57.6 Å². The molecule has 0 radical (unpaired) electrons. The molecule has 90 valence electrons. The molecule has 0 bridgehead atoms. The lowest BCUT2D eigenvalue weighted by atomic mass is 10.0. The molecule has 2 unspecified atom stereocenters. The van der Waals surface area contributed by atoms with E-state index in [1.54, 1.807) is 11.2 Å². The summed E-state index contributed by atoms with van der Waals surface area (Å²) in [4.78, 5) is 0. The van der Waals surface area contributed by atoms with Gasteiger partial charge in [-0.05, 0) is 25.7 Å². The Labute approximate surface area is 92.3 Å². The number of rotatable bonds is 4. The van der Waals surface area contributed by atoms with Crippen molar-refractivity contribution in [1.82, 2.24) is 4.31 Å². The van der Waals surface area contributed by atoms with Gasteiger partial charge in [0.15, 0.2) is 0 Å². The summed E-state index contributed by atoms with van der Waals surface area (Å²) in [5, 5.41) is 8.27. The normalized spacial score (nSPS) is 26.1. The fraction of sp³-hybridized carbons (Fsp3) is 1.00. The Bertz CT molecular complexity index is 300. The van der Waals surface area contributed by atoms with Crippen LogP contribution in [0.25, 0.3) is 0 Å². The molecule has 1 aliphatic rings. The molecule has 0 saturated carbocycles. The second-order valence-corrected chi connectivity index (χ2v) is 6.91. The molecular weight excluding hydrogens is 214 g/mol. The standard InChI is InChI=1S/C10H21NO3S/c1-8(2)10-5-4-6-11(10)15(13,14)9(3)7-12/h8-10,12H,4-7H2,1-3H3. The van der Waals surface area contributed by atoms with Crippen molar-refractivity contribution in [3.8, 4) is 0 Å². The fourth-order valence-corrected chi connectivity index (χ4v) is 3.83. The quantitative estimate of drug-likeness (QED) is 0.785. The zero-order chi connectivity index (χ0) is 11.6. The number of sulfonamides is 1. The first kappa shape index (κ1) is 12.9. The molecule has 0 spiro atoms. The number of aliphatic hydroxyl groups excluding tert-OH is 1. The van der Waals surface area contributed by atoms with E-state index in [9.17, 15) is 8.42 Å². The van der Waals surface area contributed by atoms with Crippen LogP contribution in [0.5, 0.6) is 0 Å². The van der Waals surface area contributed by atoms with Crippen molar-refractivity contribution < 1.29 is 13.5 Å². The number of hydrogen-bond donors (Lipinski definition) is 1. The van der Waals surface area contributed by atoms with Gasteiger partial charge in [0.25, 0.3) is 0 Å². The van der Waals surface area contributed by atoms with Crippen LogP contribution in [-0.2, 0) is 10.0 Å². The minimum atomic E-state index is -3.30. The zero-order valence-electron chi connectivity index (χ0n) is 9.68. The minimum Gasteiger partial charge on any atom is -0.395 e. The third-order valence-corrected chi connectivity index (χ3v) is 5.38. The van der Waals surface area contributed by atoms with Crippen LogP contribution in [-0.4, -0.2) is 42.3 Å². The molecule has 0 amide bonds. The van der Waals surface area contributed by atoms with Crippen molar-refractivity contribution in [2.24, 2.45) is 5.92 Å². The van der Waals surface area contributed by atoms with Crippen LogP contribution in [0.4, 0.5) is 0 Å². The molecule has 0 aromatic rings. The molecule has 15 heavy (non-hydrogen) atoms. The summed E-state index contributed by atoms with van der Waals surface area (Å²) < 4.78 is 25.7. The van der Waals surface area contributed by atoms with E-state index in [-0.39, 0.29) is 12.6 Å². The molecule has 1 fully saturated rings.